The van der Waals surface area contributed by atoms with Gasteiger partial charge in [0.05, 0.1) is 26.0 Å². The topological polar surface area (TPSA) is 113 Å². The minimum atomic E-state index is -4.51. The number of rotatable bonds is 10. The lowest BCUT2D eigenvalue weighted by molar-refractivity contribution is -0.140. The highest BCUT2D eigenvalue weighted by atomic mass is 19.4. The zero-order chi connectivity index (χ0) is 29.9. The molecule has 10 nitrogen and oxygen atoms in total. The van der Waals surface area contributed by atoms with E-state index in [1.54, 1.807) is 37.5 Å². The van der Waals surface area contributed by atoms with Crippen LogP contribution in [0.2, 0.25) is 0 Å². The Morgan fingerprint density at radius 1 is 1.14 bits per heavy atom. The van der Waals surface area contributed by atoms with Gasteiger partial charge in [0.2, 0.25) is 5.88 Å². The normalized spacial score (nSPS) is 17.2. The van der Waals surface area contributed by atoms with Gasteiger partial charge in [-0.3, -0.25) is 9.89 Å². The van der Waals surface area contributed by atoms with Crippen LogP contribution in [0.15, 0.2) is 47.5 Å². The summed E-state index contributed by atoms with van der Waals surface area (Å²) in [5.74, 6) is 1.47. The number of aryl methyl sites for hydroxylation is 1. The van der Waals surface area contributed by atoms with Crippen molar-refractivity contribution in [1.82, 2.24) is 24.4 Å². The lowest BCUT2D eigenvalue weighted by atomic mass is 10.1. The van der Waals surface area contributed by atoms with Crippen molar-refractivity contribution in [3.8, 4) is 17.3 Å². The van der Waals surface area contributed by atoms with Crippen molar-refractivity contribution in [2.24, 2.45) is 23.7 Å². The molecule has 2 N–H and O–H groups in total. The van der Waals surface area contributed by atoms with Crippen molar-refractivity contribution in [3.05, 3.63) is 65.2 Å². The molecular formula is C29H34F3N7O3. The molecule has 13 heteroatoms. The van der Waals surface area contributed by atoms with Gasteiger partial charge >= 0.3 is 6.18 Å². The number of hydrogen-bond acceptors (Lipinski definition) is 9. The summed E-state index contributed by atoms with van der Waals surface area (Å²) in [4.78, 5) is 19.9. The standard InChI is InChI=1S/C29H34F3N7O3/c1-34-24(19-8-9-19)23(25(33)40-3)26-35-14-21(15-39-10-12-41-13-11-39)28(37-26)42-17-18-4-6-20(7-5-18)27-36-22(16-38(27)2)29(30,31)32/h4-7,14,16,19H,8-13,15,17,33H2,1-3H3. The molecule has 0 spiro atoms. The van der Waals surface area contributed by atoms with Crippen molar-refractivity contribution in [2.75, 3.05) is 40.5 Å². The molecule has 0 unspecified atom stereocenters. The third-order valence-corrected chi connectivity index (χ3v) is 7.23. The zero-order valence-corrected chi connectivity index (χ0v) is 23.8. The molecule has 2 aromatic heterocycles. The van der Waals surface area contributed by atoms with Crippen molar-refractivity contribution in [1.29, 1.82) is 0 Å². The maximum atomic E-state index is 13.1. The molecule has 1 aliphatic heterocycles. The average Bonchev–Trinajstić information content (AvgIpc) is 3.75. The Morgan fingerprint density at radius 3 is 2.45 bits per heavy atom. The quantitative estimate of drug-likeness (QED) is 0.280. The molecular weight excluding hydrogens is 551 g/mol. The molecule has 224 valence electrons. The maximum absolute atomic E-state index is 13.1. The number of alkyl halides is 3. The highest BCUT2D eigenvalue weighted by Crippen LogP contribution is 2.37. The smallest absolute Gasteiger partial charge is 0.434 e. The minimum Gasteiger partial charge on any atom is -0.482 e. The van der Waals surface area contributed by atoms with Gasteiger partial charge in [-0.2, -0.15) is 18.2 Å². The molecule has 1 saturated heterocycles. The summed E-state index contributed by atoms with van der Waals surface area (Å²) in [5.41, 5.74) is 8.87. The second-order valence-corrected chi connectivity index (χ2v) is 10.3. The Hall–Kier alpha value is -3.97. The van der Waals surface area contributed by atoms with Crippen LogP contribution in [0.5, 0.6) is 5.88 Å². The first kappa shape index (κ1) is 29.5. The SMILES string of the molecule is CN=C(C(=C(N)OC)c1ncc(CN2CCOCC2)c(OCc2ccc(-c3nc(C(F)(F)F)cn3C)cc2)n1)C1CC1. The first-order chi connectivity index (χ1) is 20.2. The predicted octanol–water partition coefficient (Wildman–Crippen LogP) is 4.06. The summed E-state index contributed by atoms with van der Waals surface area (Å²) in [6.07, 6.45) is 0.240. The molecule has 3 aromatic rings. The number of imidazole rings is 1. The average molecular weight is 586 g/mol. The van der Waals surface area contributed by atoms with Gasteiger partial charge in [-0.05, 0) is 18.4 Å². The fourth-order valence-electron chi connectivity index (χ4n) is 4.83. The summed E-state index contributed by atoms with van der Waals surface area (Å²) in [5, 5.41) is 0. The Morgan fingerprint density at radius 2 is 1.86 bits per heavy atom. The van der Waals surface area contributed by atoms with Crippen LogP contribution in [0.25, 0.3) is 17.0 Å². The van der Waals surface area contributed by atoms with Gasteiger partial charge in [-0.15, -0.1) is 0 Å². The molecule has 42 heavy (non-hydrogen) atoms. The van der Waals surface area contributed by atoms with Gasteiger partial charge in [0.25, 0.3) is 0 Å². The Labute approximate surface area is 242 Å². The van der Waals surface area contributed by atoms with E-state index in [0.717, 1.165) is 49.0 Å². The van der Waals surface area contributed by atoms with Gasteiger partial charge in [-0.1, -0.05) is 24.3 Å². The first-order valence-corrected chi connectivity index (χ1v) is 13.7. The third-order valence-electron chi connectivity index (χ3n) is 7.23. The number of nitrogens with zero attached hydrogens (tertiary/aromatic N) is 6. The van der Waals surface area contributed by atoms with Crippen LogP contribution in [0.3, 0.4) is 0 Å². The molecule has 2 aliphatic rings. The number of methoxy groups -OCH3 is 1. The number of benzene rings is 1. The second kappa shape index (κ2) is 12.5. The van der Waals surface area contributed by atoms with E-state index in [4.69, 9.17) is 24.9 Å². The van der Waals surface area contributed by atoms with Crippen LogP contribution in [-0.2, 0) is 35.8 Å². The van der Waals surface area contributed by atoms with Gasteiger partial charge in [0.15, 0.2) is 17.4 Å². The molecule has 1 saturated carbocycles. The van der Waals surface area contributed by atoms with Crippen LogP contribution in [0, 0.1) is 5.92 Å². The minimum absolute atomic E-state index is 0.178. The highest BCUT2D eigenvalue weighted by Gasteiger charge is 2.35. The number of allylic oxidation sites excluding steroid dienone is 1. The fraction of sp³-hybridized carbons (Fsp3) is 0.448. The van der Waals surface area contributed by atoms with E-state index in [1.165, 1.54) is 18.7 Å². The molecule has 0 bridgehead atoms. The first-order valence-electron chi connectivity index (χ1n) is 13.7. The lowest BCUT2D eigenvalue weighted by Gasteiger charge is -2.27. The van der Waals surface area contributed by atoms with Gasteiger partial charge in [0.1, 0.15) is 18.0 Å². The predicted molar refractivity (Wildman–Crippen MR) is 150 cm³/mol. The van der Waals surface area contributed by atoms with E-state index < -0.39 is 11.9 Å². The highest BCUT2D eigenvalue weighted by molar-refractivity contribution is 6.25. The summed E-state index contributed by atoms with van der Waals surface area (Å²) in [6, 6.07) is 7.04. The van der Waals surface area contributed by atoms with E-state index in [0.29, 0.717) is 42.6 Å². The molecule has 1 aromatic carbocycles. The largest absolute Gasteiger partial charge is 0.482 e. The van der Waals surface area contributed by atoms with E-state index >= 15 is 0 Å². The Kier molecular flexibility index (Phi) is 8.78. The van der Waals surface area contributed by atoms with Crippen molar-refractivity contribution >= 4 is 11.3 Å². The van der Waals surface area contributed by atoms with Crippen LogP contribution >= 0.6 is 0 Å². The van der Waals surface area contributed by atoms with E-state index in [2.05, 4.69) is 19.9 Å². The number of aromatic nitrogens is 4. The molecule has 2 fully saturated rings. The van der Waals surface area contributed by atoms with Crippen LogP contribution in [-0.4, -0.2) is 70.6 Å². The van der Waals surface area contributed by atoms with Gasteiger partial charge in [0, 0.05) is 63.2 Å². The summed E-state index contributed by atoms with van der Waals surface area (Å²) in [6.45, 7) is 3.62. The van der Waals surface area contributed by atoms with Gasteiger partial charge < -0.3 is 24.5 Å². The number of halogens is 3. The molecule has 0 amide bonds. The summed E-state index contributed by atoms with van der Waals surface area (Å²) < 4.78 is 57.8. The lowest BCUT2D eigenvalue weighted by Crippen LogP contribution is -2.35. The Balaban J connectivity index is 1.40. The third kappa shape index (κ3) is 6.73. The molecule has 5 rings (SSSR count). The molecule has 0 radical (unpaired) electrons. The summed E-state index contributed by atoms with van der Waals surface area (Å²) in [7, 11) is 4.76. The van der Waals surface area contributed by atoms with Crippen LogP contribution in [0.1, 0.15) is 35.5 Å². The molecule has 0 atom stereocenters. The van der Waals surface area contributed by atoms with Gasteiger partial charge in [-0.25, -0.2) is 9.97 Å². The number of nitrogens with two attached hydrogens (primary N) is 1. The van der Waals surface area contributed by atoms with Crippen LogP contribution in [0.4, 0.5) is 13.2 Å². The van der Waals surface area contributed by atoms with E-state index in [9.17, 15) is 13.2 Å². The Bertz CT molecular complexity index is 1460. The van der Waals surface area contributed by atoms with Crippen molar-refractivity contribution in [2.45, 2.75) is 32.2 Å². The molecule has 1 aliphatic carbocycles. The van der Waals surface area contributed by atoms with Crippen LogP contribution < -0.4 is 10.5 Å². The fourth-order valence-corrected chi connectivity index (χ4v) is 4.83. The zero-order valence-electron chi connectivity index (χ0n) is 23.8. The number of ether oxygens (including phenoxy) is 3. The number of hydrogen-bond donors (Lipinski definition) is 1. The monoisotopic (exact) mass is 585 g/mol. The van der Waals surface area contributed by atoms with E-state index in [1.807, 2.05) is 0 Å². The number of morpholine rings is 1. The van der Waals surface area contributed by atoms with Crippen molar-refractivity contribution < 1.29 is 27.4 Å². The number of aliphatic imine (C=N–C) groups is 1. The van der Waals surface area contributed by atoms with E-state index in [-0.39, 0.29) is 24.2 Å². The molecule has 3 heterocycles. The second-order valence-electron chi connectivity index (χ2n) is 10.3. The summed E-state index contributed by atoms with van der Waals surface area (Å²) >= 11 is 0. The maximum Gasteiger partial charge on any atom is 0.434 e. The van der Waals surface area contributed by atoms with Crippen molar-refractivity contribution in [3.63, 3.8) is 0 Å².